The van der Waals surface area contributed by atoms with Crippen molar-refractivity contribution in [1.29, 1.82) is 0 Å². The second-order valence-electron chi connectivity index (χ2n) is 13.9. The van der Waals surface area contributed by atoms with Crippen LogP contribution in [0.4, 0.5) is 34.1 Å². The molecule has 262 valence electrons. The number of rotatable bonds is 4. The fraction of sp³-hybridized carbons (Fsp3) is 0. The van der Waals surface area contributed by atoms with Gasteiger partial charge in [0.1, 0.15) is 0 Å². The zero-order valence-corrected chi connectivity index (χ0v) is 29.7. The van der Waals surface area contributed by atoms with E-state index in [-0.39, 0.29) is 0 Å². The standard InChI is InChI=1S/C48H28N6O2/c1-2-18-34-33(17-1)44-43-45(34)50-47(30-14-12-16-32(28-30)54-37-21-5-9-25-41(37)56-42-26-10-6-22-38(42)54)52-48(43)51-46(49-44)29-13-11-15-31(27-29)53-35-19-3-7-23-39(35)55-40-24-8-4-20-36(40)53/h1-28H. The smallest absolute Gasteiger partial charge is 0.168 e. The average molecular weight is 721 g/mol. The Labute approximate surface area is 321 Å². The minimum absolute atomic E-state index is 0.590. The van der Waals surface area contributed by atoms with E-state index in [1.54, 1.807) is 0 Å². The second kappa shape index (κ2) is 11.8. The largest absolute Gasteiger partial charge is 0.453 e. The van der Waals surface area contributed by atoms with E-state index in [4.69, 9.17) is 29.4 Å². The Balaban J connectivity index is 1.01. The number of aromatic nitrogens is 4. The molecule has 0 saturated heterocycles. The third-order valence-electron chi connectivity index (χ3n) is 10.6. The Morgan fingerprint density at radius 2 is 0.732 bits per heavy atom. The Kier molecular flexibility index (Phi) is 6.47. The van der Waals surface area contributed by atoms with E-state index in [0.717, 1.165) is 96.2 Å². The summed E-state index contributed by atoms with van der Waals surface area (Å²) in [6.45, 7) is 0. The highest BCUT2D eigenvalue weighted by atomic mass is 16.5. The maximum Gasteiger partial charge on any atom is 0.168 e. The van der Waals surface area contributed by atoms with Crippen molar-refractivity contribution in [2.45, 2.75) is 0 Å². The first kappa shape index (κ1) is 30.6. The highest BCUT2D eigenvalue weighted by Gasteiger charge is 2.30. The van der Waals surface area contributed by atoms with Crippen molar-refractivity contribution >= 4 is 45.2 Å². The summed E-state index contributed by atoms with van der Waals surface area (Å²) in [6, 6.07) is 57.4. The zero-order valence-electron chi connectivity index (χ0n) is 29.7. The topological polar surface area (TPSA) is 76.5 Å². The number of nitrogens with zero attached hydrogens (tertiary/aromatic N) is 6. The molecule has 0 radical (unpaired) electrons. The summed E-state index contributed by atoms with van der Waals surface area (Å²) in [6.07, 6.45) is 0. The lowest BCUT2D eigenvalue weighted by Gasteiger charge is -2.32. The van der Waals surface area contributed by atoms with Crippen LogP contribution in [-0.2, 0) is 0 Å². The molecule has 2 aliphatic heterocycles. The molecule has 0 bridgehead atoms. The minimum atomic E-state index is 0.590. The first-order valence-electron chi connectivity index (χ1n) is 18.5. The van der Waals surface area contributed by atoms with Gasteiger partial charge in [0.15, 0.2) is 40.3 Å². The van der Waals surface area contributed by atoms with Crippen molar-refractivity contribution in [1.82, 2.24) is 19.9 Å². The molecular weight excluding hydrogens is 693 g/mol. The number of anilines is 6. The maximum absolute atomic E-state index is 6.29. The molecule has 8 heteroatoms. The van der Waals surface area contributed by atoms with Crippen LogP contribution in [-0.4, -0.2) is 19.9 Å². The van der Waals surface area contributed by atoms with Crippen LogP contribution in [0.3, 0.4) is 0 Å². The van der Waals surface area contributed by atoms with Gasteiger partial charge in [-0.1, -0.05) is 97.1 Å². The molecule has 0 fully saturated rings. The van der Waals surface area contributed by atoms with Crippen molar-refractivity contribution in [3.8, 4) is 68.3 Å². The quantitative estimate of drug-likeness (QED) is 0.178. The molecule has 0 N–H and O–H groups in total. The van der Waals surface area contributed by atoms with E-state index >= 15 is 0 Å². The molecule has 9 aromatic rings. The van der Waals surface area contributed by atoms with Crippen LogP contribution >= 0.6 is 0 Å². The SMILES string of the molecule is c1cc(-c2nc3c4c(nc(-c5cccc(N6c7ccccc7Oc7ccccc76)c5)nc4n2)-c2ccccc2-3)cc(N2c3ccccc3Oc3ccccc32)c1. The van der Waals surface area contributed by atoms with Crippen LogP contribution in [0.2, 0.25) is 0 Å². The van der Waals surface area contributed by atoms with Crippen molar-refractivity contribution < 1.29 is 9.47 Å². The molecule has 3 aliphatic rings. The monoisotopic (exact) mass is 720 g/mol. The van der Waals surface area contributed by atoms with Crippen molar-refractivity contribution in [2.75, 3.05) is 9.80 Å². The fourth-order valence-electron chi connectivity index (χ4n) is 8.11. The van der Waals surface area contributed by atoms with Crippen molar-refractivity contribution in [2.24, 2.45) is 0 Å². The summed E-state index contributed by atoms with van der Waals surface area (Å²) in [5.41, 5.74) is 11.8. The van der Waals surface area contributed by atoms with Gasteiger partial charge in [-0.2, -0.15) is 0 Å². The lowest BCUT2D eigenvalue weighted by Crippen LogP contribution is -2.15. The van der Waals surface area contributed by atoms with Gasteiger partial charge in [0, 0.05) is 33.6 Å². The van der Waals surface area contributed by atoms with Crippen LogP contribution in [0, 0.1) is 0 Å². The van der Waals surface area contributed by atoms with Gasteiger partial charge in [0.2, 0.25) is 0 Å². The van der Waals surface area contributed by atoms with Gasteiger partial charge in [0.25, 0.3) is 0 Å². The minimum Gasteiger partial charge on any atom is -0.453 e. The van der Waals surface area contributed by atoms with Crippen molar-refractivity contribution in [3.63, 3.8) is 0 Å². The van der Waals surface area contributed by atoms with E-state index in [9.17, 15) is 0 Å². The number of hydrogen-bond donors (Lipinski definition) is 0. The predicted octanol–water partition coefficient (Wildman–Crippen LogP) is 12.6. The Morgan fingerprint density at radius 1 is 0.357 bits per heavy atom. The third kappa shape index (κ3) is 4.59. The molecule has 0 atom stereocenters. The average Bonchev–Trinajstić information content (AvgIpc) is 3.58. The summed E-state index contributed by atoms with van der Waals surface area (Å²) in [4.78, 5) is 25.3. The van der Waals surface area contributed by atoms with E-state index in [1.807, 2.05) is 84.9 Å². The van der Waals surface area contributed by atoms with Gasteiger partial charge in [0.05, 0.1) is 39.5 Å². The van der Waals surface area contributed by atoms with E-state index in [0.29, 0.717) is 17.3 Å². The molecule has 0 saturated carbocycles. The first-order valence-corrected chi connectivity index (χ1v) is 18.5. The number of hydrogen-bond acceptors (Lipinski definition) is 8. The molecule has 4 heterocycles. The molecule has 0 unspecified atom stereocenters. The summed E-state index contributed by atoms with van der Waals surface area (Å²) >= 11 is 0. The Morgan fingerprint density at radius 3 is 1.14 bits per heavy atom. The van der Waals surface area contributed by atoms with Gasteiger partial charge in [-0.15, -0.1) is 0 Å². The molecule has 1 aliphatic carbocycles. The number of para-hydroxylation sites is 8. The van der Waals surface area contributed by atoms with Gasteiger partial charge in [-0.3, -0.25) is 0 Å². The zero-order chi connectivity index (χ0) is 36.7. The Bertz CT molecular complexity index is 2800. The van der Waals surface area contributed by atoms with Crippen LogP contribution in [0.5, 0.6) is 23.0 Å². The van der Waals surface area contributed by atoms with Gasteiger partial charge < -0.3 is 19.3 Å². The second-order valence-corrected chi connectivity index (χ2v) is 13.9. The number of fused-ring (bicyclic) bond motifs is 7. The van der Waals surface area contributed by atoms with E-state index < -0.39 is 0 Å². The van der Waals surface area contributed by atoms with Crippen LogP contribution < -0.4 is 19.3 Å². The summed E-state index contributed by atoms with van der Waals surface area (Å²) in [5.74, 6) is 4.37. The lowest BCUT2D eigenvalue weighted by molar-refractivity contribution is 0.477. The normalized spacial score (nSPS) is 12.9. The third-order valence-corrected chi connectivity index (χ3v) is 10.6. The lowest BCUT2D eigenvalue weighted by atomic mass is 10.1. The maximum atomic E-state index is 6.29. The number of ether oxygens (including phenoxy) is 2. The predicted molar refractivity (Wildman–Crippen MR) is 220 cm³/mol. The molecule has 12 rings (SSSR count). The molecule has 8 nitrogen and oxygen atoms in total. The van der Waals surface area contributed by atoms with Crippen LogP contribution in [0.1, 0.15) is 0 Å². The van der Waals surface area contributed by atoms with Crippen LogP contribution in [0.15, 0.2) is 170 Å². The van der Waals surface area contributed by atoms with E-state index in [2.05, 4.69) is 94.7 Å². The van der Waals surface area contributed by atoms with Crippen LogP contribution in [0.25, 0.3) is 56.3 Å². The van der Waals surface area contributed by atoms with E-state index in [1.165, 1.54) is 0 Å². The fourth-order valence-corrected chi connectivity index (χ4v) is 8.11. The van der Waals surface area contributed by atoms with Gasteiger partial charge >= 0.3 is 0 Å². The molecule has 56 heavy (non-hydrogen) atoms. The number of benzene rings is 7. The van der Waals surface area contributed by atoms with Crippen molar-refractivity contribution in [3.05, 3.63) is 170 Å². The molecular formula is C48H28N6O2. The van der Waals surface area contributed by atoms with Gasteiger partial charge in [-0.05, 0) is 72.8 Å². The Hall–Kier alpha value is -7.84. The van der Waals surface area contributed by atoms with Gasteiger partial charge in [-0.25, -0.2) is 19.9 Å². The summed E-state index contributed by atoms with van der Waals surface area (Å²) in [7, 11) is 0. The first-order chi connectivity index (χ1) is 27.7. The highest BCUT2D eigenvalue weighted by Crippen LogP contribution is 2.52. The molecule has 0 spiro atoms. The molecule has 2 aromatic heterocycles. The highest BCUT2D eigenvalue weighted by molar-refractivity contribution is 6.11. The summed E-state index contributed by atoms with van der Waals surface area (Å²) in [5, 5.41) is 0.859. The summed E-state index contributed by atoms with van der Waals surface area (Å²) < 4.78 is 12.6. The molecule has 7 aromatic carbocycles. The molecule has 0 amide bonds.